The second-order valence-corrected chi connectivity index (χ2v) is 5.55. The summed E-state index contributed by atoms with van der Waals surface area (Å²) in [6.07, 6.45) is -2.91. The van der Waals surface area contributed by atoms with Gasteiger partial charge in [-0.2, -0.15) is 18.3 Å². The lowest BCUT2D eigenvalue weighted by Gasteiger charge is -2.30. The minimum absolute atomic E-state index is 0.301. The highest BCUT2D eigenvalue weighted by atomic mass is 19.4. The smallest absolute Gasteiger partial charge is 0.350 e. The van der Waals surface area contributed by atoms with Gasteiger partial charge in [0, 0.05) is 37.9 Å². The minimum atomic E-state index is -4.39. The number of nitrogens with two attached hydrogens (primary N) is 1. The molecule has 0 aliphatic carbocycles. The van der Waals surface area contributed by atoms with Crippen molar-refractivity contribution in [1.82, 2.24) is 15.2 Å². The van der Waals surface area contributed by atoms with Gasteiger partial charge in [0.25, 0.3) is 0 Å². The van der Waals surface area contributed by atoms with Crippen molar-refractivity contribution in [3.63, 3.8) is 0 Å². The van der Waals surface area contributed by atoms with E-state index in [-0.39, 0.29) is 0 Å². The van der Waals surface area contributed by atoms with Gasteiger partial charge in [0.1, 0.15) is 0 Å². The predicted molar refractivity (Wildman–Crippen MR) is 78.7 cm³/mol. The van der Waals surface area contributed by atoms with E-state index in [0.29, 0.717) is 48.8 Å². The molecule has 0 atom stereocenters. The molecule has 3 rings (SSSR count). The van der Waals surface area contributed by atoms with Crippen LogP contribution in [0.2, 0.25) is 0 Å². The molecule has 0 saturated heterocycles. The van der Waals surface area contributed by atoms with Crippen LogP contribution in [0.4, 0.5) is 19.0 Å². The third-order valence-electron chi connectivity index (χ3n) is 3.88. The standard InChI is InChI=1S/C15H16F3N5/c1-9-4-12(6-19)21-22-14(9)23-3-2-13-10(8-23)5-11(7-20-13)15(16,17)18/h4-5,7H,2-3,6,8,19H2,1H3. The molecule has 0 fully saturated rings. The van der Waals surface area contributed by atoms with Gasteiger partial charge in [0.2, 0.25) is 0 Å². The van der Waals surface area contributed by atoms with E-state index in [9.17, 15) is 13.2 Å². The van der Waals surface area contributed by atoms with Crippen molar-refractivity contribution in [3.05, 3.63) is 46.4 Å². The molecule has 0 amide bonds. The van der Waals surface area contributed by atoms with Gasteiger partial charge in [0.05, 0.1) is 11.3 Å². The maximum Gasteiger partial charge on any atom is 0.417 e. The normalized spacial score (nSPS) is 14.7. The first-order chi connectivity index (χ1) is 10.9. The van der Waals surface area contributed by atoms with Crippen molar-refractivity contribution in [2.45, 2.75) is 32.6 Å². The number of anilines is 1. The number of halogens is 3. The molecule has 0 aromatic carbocycles. The van der Waals surface area contributed by atoms with Crippen LogP contribution in [0.15, 0.2) is 18.3 Å². The predicted octanol–water partition coefficient (Wildman–Crippen LogP) is 2.22. The number of hydrogen-bond donors (Lipinski definition) is 1. The van der Waals surface area contributed by atoms with E-state index in [1.807, 2.05) is 17.9 Å². The minimum Gasteiger partial charge on any atom is -0.350 e. The first kappa shape index (κ1) is 15.7. The number of hydrogen-bond acceptors (Lipinski definition) is 5. The molecule has 1 aliphatic heterocycles. The second-order valence-electron chi connectivity index (χ2n) is 5.55. The van der Waals surface area contributed by atoms with Gasteiger partial charge in [-0.25, -0.2) is 0 Å². The van der Waals surface area contributed by atoms with E-state index in [1.54, 1.807) is 0 Å². The zero-order valence-corrected chi connectivity index (χ0v) is 12.6. The summed E-state index contributed by atoms with van der Waals surface area (Å²) < 4.78 is 38.5. The Bertz CT molecular complexity index is 730. The van der Waals surface area contributed by atoms with Crippen LogP contribution in [0.25, 0.3) is 0 Å². The lowest BCUT2D eigenvalue weighted by Crippen LogP contribution is -2.33. The van der Waals surface area contributed by atoms with Gasteiger partial charge in [-0.05, 0) is 30.2 Å². The Morgan fingerprint density at radius 2 is 2.04 bits per heavy atom. The Morgan fingerprint density at radius 3 is 2.70 bits per heavy atom. The third-order valence-corrected chi connectivity index (χ3v) is 3.88. The lowest BCUT2D eigenvalue weighted by molar-refractivity contribution is -0.137. The fourth-order valence-electron chi connectivity index (χ4n) is 2.71. The van der Waals surface area contributed by atoms with Gasteiger partial charge in [-0.1, -0.05) is 0 Å². The summed E-state index contributed by atoms with van der Waals surface area (Å²) in [6.45, 7) is 3.17. The summed E-state index contributed by atoms with van der Waals surface area (Å²) in [6, 6.07) is 3.02. The van der Waals surface area contributed by atoms with Gasteiger partial charge >= 0.3 is 6.18 Å². The van der Waals surface area contributed by atoms with Crippen LogP contribution < -0.4 is 10.6 Å². The van der Waals surface area contributed by atoms with Crippen molar-refractivity contribution in [3.8, 4) is 0 Å². The Morgan fingerprint density at radius 1 is 1.26 bits per heavy atom. The monoisotopic (exact) mass is 323 g/mol. The number of fused-ring (bicyclic) bond motifs is 1. The molecule has 1 aliphatic rings. The van der Waals surface area contributed by atoms with Crippen LogP contribution in [-0.2, 0) is 25.7 Å². The van der Waals surface area contributed by atoms with Gasteiger partial charge in [-0.15, -0.1) is 5.10 Å². The highest BCUT2D eigenvalue weighted by Crippen LogP contribution is 2.32. The maximum absolute atomic E-state index is 12.8. The summed E-state index contributed by atoms with van der Waals surface area (Å²) in [5.74, 6) is 0.672. The van der Waals surface area contributed by atoms with Crippen molar-refractivity contribution >= 4 is 5.82 Å². The molecule has 0 spiro atoms. The molecule has 8 heteroatoms. The van der Waals surface area contributed by atoms with Crippen molar-refractivity contribution in [2.75, 3.05) is 11.4 Å². The maximum atomic E-state index is 12.8. The quantitative estimate of drug-likeness (QED) is 0.918. The van der Waals surface area contributed by atoms with Gasteiger partial charge in [0.15, 0.2) is 5.82 Å². The van der Waals surface area contributed by atoms with E-state index < -0.39 is 11.7 Å². The van der Waals surface area contributed by atoms with Gasteiger partial charge in [-0.3, -0.25) is 4.98 Å². The fourth-order valence-corrected chi connectivity index (χ4v) is 2.71. The zero-order valence-electron chi connectivity index (χ0n) is 12.6. The highest BCUT2D eigenvalue weighted by molar-refractivity contribution is 5.48. The summed E-state index contributed by atoms with van der Waals surface area (Å²) >= 11 is 0. The first-order valence-corrected chi connectivity index (χ1v) is 7.21. The molecular formula is C15H16F3N5. The van der Waals surface area contributed by atoms with Crippen LogP contribution in [0.3, 0.4) is 0 Å². The zero-order chi connectivity index (χ0) is 16.6. The topological polar surface area (TPSA) is 67.9 Å². The number of nitrogens with zero attached hydrogens (tertiary/aromatic N) is 4. The Hall–Kier alpha value is -2.22. The molecule has 0 bridgehead atoms. The number of aryl methyl sites for hydroxylation is 1. The fraction of sp³-hybridized carbons (Fsp3) is 0.400. The molecule has 5 nitrogen and oxygen atoms in total. The first-order valence-electron chi connectivity index (χ1n) is 7.21. The largest absolute Gasteiger partial charge is 0.417 e. The van der Waals surface area contributed by atoms with Crippen molar-refractivity contribution in [2.24, 2.45) is 5.73 Å². The second kappa shape index (κ2) is 5.77. The molecule has 122 valence electrons. The highest BCUT2D eigenvalue weighted by Gasteiger charge is 2.32. The van der Waals surface area contributed by atoms with Gasteiger partial charge < -0.3 is 10.6 Å². The van der Waals surface area contributed by atoms with Crippen LogP contribution in [0.1, 0.15) is 28.1 Å². The average Bonchev–Trinajstić information content (AvgIpc) is 2.52. The van der Waals surface area contributed by atoms with Crippen LogP contribution >= 0.6 is 0 Å². The summed E-state index contributed by atoms with van der Waals surface area (Å²) in [7, 11) is 0. The van der Waals surface area contributed by atoms with E-state index >= 15 is 0 Å². The molecule has 23 heavy (non-hydrogen) atoms. The van der Waals surface area contributed by atoms with Crippen LogP contribution in [0.5, 0.6) is 0 Å². The summed E-state index contributed by atoms with van der Waals surface area (Å²) in [5, 5.41) is 8.20. The Balaban J connectivity index is 1.90. The molecule has 2 aromatic heterocycles. The molecule has 0 unspecified atom stereocenters. The van der Waals surface area contributed by atoms with Crippen LogP contribution in [-0.4, -0.2) is 21.7 Å². The van der Waals surface area contributed by atoms with Crippen molar-refractivity contribution < 1.29 is 13.2 Å². The van der Waals surface area contributed by atoms with E-state index in [2.05, 4.69) is 15.2 Å². The number of rotatable bonds is 2. The lowest BCUT2D eigenvalue weighted by atomic mass is 10.0. The van der Waals surface area contributed by atoms with E-state index in [0.717, 1.165) is 11.8 Å². The average molecular weight is 323 g/mol. The van der Waals surface area contributed by atoms with Crippen molar-refractivity contribution in [1.29, 1.82) is 0 Å². The molecule has 3 heterocycles. The number of pyridine rings is 1. The van der Waals surface area contributed by atoms with E-state index in [4.69, 9.17) is 5.73 Å². The molecule has 0 radical (unpaired) electrons. The number of alkyl halides is 3. The SMILES string of the molecule is Cc1cc(CN)nnc1N1CCc2ncc(C(F)(F)F)cc2C1. The van der Waals surface area contributed by atoms with Crippen LogP contribution in [0, 0.1) is 6.92 Å². The number of aromatic nitrogens is 3. The Kier molecular flexibility index (Phi) is 3.93. The third kappa shape index (κ3) is 3.12. The Labute approximate surface area is 131 Å². The van der Waals surface area contributed by atoms with E-state index in [1.165, 1.54) is 6.07 Å². The molecule has 2 aromatic rings. The molecule has 2 N–H and O–H groups in total. The molecular weight excluding hydrogens is 307 g/mol. The summed E-state index contributed by atoms with van der Waals surface area (Å²) in [5.41, 5.74) is 7.69. The summed E-state index contributed by atoms with van der Waals surface area (Å²) in [4.78, 5) is 5.89. The molecule has 0 saturated carbocycles.